The highest BCUT2D eigenvalue weighted by Gasteiger charge is 2.07. The largest absolute Gasteiger partial charge is 0.467 e. The number of imidazole rings is 1. The highest BCUT2D eigenvalue weighted by atomic mass is 16.3. The molecular weight excluding hydrogens is 232 g/mol. The summed E-state index contributed by atoms with van der Waals surface area (Å²) in [4.78, 5) is 15.5. The van der Waals surface area contributed by atoms with Crippen LogP contribution in [0.5, 0.6) is 0 Å². The number of nitrogens with one attached hydrogen (secondary N) is 2. The molecule has 6 nitrogen and oxygen atoms in total. The van der Waals surface area contributed by atoms with E-state index in [9.17, 15) is 4.79 Å². The van der Waals surface area contributed by atoms with Gasteiger partial charge in [-0.1, -0.05) is 0 Å². The molecule has 0 aliphatic rings. The van der Waals surface area contributed by atoms with Crippen LogP contribution in [0.1, 0.15) is 12.7 Å². The summed E-state index contributed by atoms with van der Waals surface area (Å²) >= 11 is 0. The van der Waals surface area contributed by atoms with Crippen molar-refractivity contribution in [1.82, 2.24) is 20.2 Å². The van der Waals surface area contributed by atoms with Crippen molar-refractivity contribution in [3.8, 4) is 0 Å². The normalized spacial score (nSPS) is 12.1. The Morgan fingerprint density at radius 1 is 1.61 bits per heavy atom. The topological polar surface area (TPSA) is 72.1 Å². The van der Waals surface area contributed by atoms with Crippen molar-refractivity contribution in [2.45, 2.75) is 26.1 Å². The van der Waals surface area contributed by atoms with Gasteiger partial charge in [0.05, 0.1) is 19.1 Å². The van der Waals surface area contributed by atoms with Crippen LogP contribution in [0, 0.1) is 0 Å². The SMILES string of the molecule is CC(Cn1ccnc1)NC(=O)NCc1ccco1. The predicted octanol–water partition coefficient (Wildman–Crippen LogP) is 1.36. The third kappa shape index (κ3) is 3.65. The molecule has 0 aliphatic heterocycles. The van der Waals surface area contributed by atoms with E-state index in [1.807, 2.05) is 23.8 Å². The average Bonchev–Trinajstić information content (AvgIpc) is 2.98. The van der Waals surface area contributed by atoms with Crippen LogP contribution in [0.4, 0.5) is 4.79 Å². The molecule has 2 rings (SSSR count). The highest BCUT2D eigenvalue weighted by molar-refractivity contribution is 5.74. The lowest BCUT2D eigenvalue weighted by Gasteiger charge is -2.14. The Morgan fingerprint density at radius 3 is 3.17 bits per heavy atom. The van der Waals surface area contributed by atoms with Gasteiger partial charge in [-0.15, -0.1) is 0 Å². The summed E-state index contributed by atoms with van der Waals surface area (Å²) in [6, 6.07) is 3.42. The lowest BCUT2D eigenvalue weighted by atomic mass is 10.3. The fraction of sp³-hybridized carbons (Fsp3) is 0.333. The number of hydrogen-bond donors (Lipinski definition) is 2. The summed E-state index contributed by atoms with van der Waals surface area (Å²) in [5.41, 5.74) is 0. The minimum absolute atomic E-state index is 0.0239. The lowest BCUT2D eigenvalue weighted by Crippen LogP contribution is -2.42. The van der Waals surface area contributed by atoms with Crippen molar-refractivity contribution in [3.63, 3.8) is 0 Å². The molecule has 0 bridgehead atoms. The molecule has 1 atom stereocenters. The second-order valence-corrected chi connectivity index (χ2v) is 4.07. The van der Waals surface area contributed by atoms with E-state index in [4.69, 9.17) is 4.42 Å². The number of nitrogens with zero attached hydrogens (tertiary/aromatic N) is 2. The molecule has 2 aromatic heterocycles. The third-order valence-electron chi connectivity index (χ3n) is 2.42. The second-order valence-electron chi connectivity index (χ2n) is 4.07. The van der Waals surface area contributed by atoms with Crippen LogP contribution in [0.3, 0.4) is 0 Å². The highest BCUT2D eigenvalue weighted by Crippen LogP contribution is 1.98. The molecule has 0 saturated heterocycles. The molecule has 2 aromatic rings. The average molecular weight is 248 g/mol. The number of hydrogen-bond acceptors (Lipinski definition) is 3. The van der Waals surface area contributed by atoms with E-state index in [0.29, 0.717) is 13.1 Å². The van der Waals surface area contributed by atoms with Gasteiger partial charge in [0.1, 0.15) is 5.76 Å². The molecule has 96 valence electrons. The first-order chi connectivity index (χ1) is 8.74. The Labute approximate surface area is 105 Å². The Balaban J connectivity index is 1.70. The zero-order valence-corrected chi connectivity index (χ0v) is 10.2. The molecule has 0 spiro atoms. The van der Waals surface area contributed by atoms with E-state index in [1.54, 1.807) is 24.9 Å². The minimum atomic E-state index is -0.209. The standard InChI is InChI=1S/C12H16N4O2/c1-10(8-16-5-4-13-9-16)15-12(17)14-7-11-3-2-6-18-11/h2-6,9-10H,7-8H2,1H3,(H2,14,15,17). The van der Waals surface area contributed by atoms with Crippen molar-refractivity contribution >= 4 is 6.03 Å². The second kappa shape index (κ2) is 5.90. The van der Waals surface area contributed by atoms with Gasteiger partial charge in [-0.25, -0.2) is 9.78 Å². The number of carbonyl (C=O) groups excluding carboxylic acids is 1. The predicted molar refractivity (Wildman–Crippen MR) is 65.8 cm³/mol. The maximum Gasteiger partial charge on any atom is 0.315 e. The van der Waals surface area contributed by atoms with Crippen LogP contribution >= 0.6 is 0 Å². The van der Waals surface area contributed by atoms with Gasteiger partial charge in [0.25, 0.3) is 0 Å². The number of urea groups is 1. The van der Waals surface area contributed by atoms with Crippen LogP contribution in [0.2, 0.25) is 0 Å². The summed E-state index contributed by atoms with van der Waals surface area (Å²) in [6.07, 6.45) is 6.87. The fourth-order valence-corrected chi connectivity index (χ4v) is 1.61. The van der Waals surface area contributed by atoms with Crippen molar-refractivity contribution in [2.75, 3.05) is 0 Å². The first-order valence-electron chi connectivity index (χ1n) is 5.76. The van der Waals surface area contributed by atoms with Gasteiger partial charge in [0.2, 0.25) is 0 Å². The van der Waals surface area contributed by atoms with Crippen molar-refractivity contribution in [3.05, 3.63) is 42.9 Å². The van der Waals surface area contributed by atoms with Crippen LogP contribution in [0.15, 0.2) is 41.5 Å². The van der Waals surface area contributed by atoms with Gasteiger partial charge in [0, 0.05) is 25.0 Å². The summed E-state index contributed by atoms with van der Waals surface area (Å²) in [7, 11) is 0. The Morgan fingerprint density at radius 2 is 2.50 bits per heavy atom. The number of carbonyl (C=O) groups is 1. The molecular formula is C12H16N4O2. The molecule has 0 aliphatic carbocycles. The molecule has 0 radical (unpaired) electrons. The van der Waals surface area contributed by atoms with Crippen LogP contribution in [0.25, 0.3) is 0 Å². The molecule has 1 unspecified atom stereocenters. The van der Waals surface area contributed by atoms with Gasteiger partial charge >= 0.3 is 6.03 Å². The molecule has 0 aromatic carbocycles. The van der Waals surface area contributed by atoms with Crippen LogP contribution in [-0.2, 0) is 13.1 Å². The zero-order chi connectivity index (χ0) is 12.8. The van der Waals surface area contributed by atoms with E-state index in [1.165, 1.54) is 0 Å². The maximum atomic E-state index is 11.6. The molecule has 0 fully saturated rings. The number of aromatic nitrogens is 2. The smallest absolute Gasteiger partial charge is 0.315 e. The van der Waals surface area contributed by atoms with Gasteiger partial charge in [-0.3, -0.25) is 0 Å². The number of rotatable bonds is 5. The molecule has 18 heavy (non-hydrogen) atoms. The lowest BCUT2D eigenvalue weighted by molar-refractivity contribution is 0.235. The van der Waals surface area contributed by atoms with Crippen LogP contribution < -0.4 is 10.6 Å². The molecule has 2 amide bonds. The fourth-order valence-electron chi connectivity index (χ4n) is 1.61. The molecule has 2 heterocycles. The zero-order valence-electron chi connectivity index (χ0n) is 10.2. The van der Waals surface area contributed by atoms with E-state index >= 15 is 0 Å². The van der Waals surface area contributed by atoms with Gasteiger partial charge < -0.3 is 19.6 Å². The van der Waals surface area contributed by atoms with Gasteiger partial charge in [-0.05, 0) is 19.1 Å². The quantitative estimate of drug-likeness (QED) is 0.839. The summed E-state index contributed by atoms with van der Waals surface area (Å²) in [6.45, 7) is 3.01. The molecule has 6 heteroatoms. The van der Waals surface area contributed by atoms with Gasteiger partial charge in [0.15, 0.2) is 0 Å². The van der Waals surface area contributed by atoms with E-state index < -0.39 is 0 Å². The van der Waals surface area contributed by atoms with Crippen molar-refractivity contribution in [1.29, 1.82) is 0 Å². The van der Waals surface area contributed by atoms with Gasteiger partial charge in [-0.2, -0.15) is 0 Å². The summed E-state index contributed by atoms with van der Waals surface area (Å²) in [5, 5.41) is 5.57. The summed E-state index contributed by atoms with van der Waals surface area (Å²) in [5.74, 6) is 0.729. The Kier molecular flexibility index (Phi) is 4.01. The monoisotopic (exact) mass is 248 g/mol. The van der Waals surface area contributed by atoms with E-state index in [-0.39, 0.29) is 12.1 Å². The Hall–Kier alpha value is -2.24. The van der Waals surface area contributed by atoms with Crippen LogP contribution in [-0.4, -0.2) is 21.6 Å². The third-order valence-corrected chi connectivity index (χ3v) is 2.42. The van der Waals surface area contributed by atoms with E-state index in [2.05, 4.69) is 15.6 Å². The molecule has 0 saturated carbocycles. The number of furan rings is 1. The minimum Gasteiger partial charge on any atom is -0.467 e. The van der Waals surface area contributed by atoms with Crippen molar-refractivity contribution in [2.24, 2.45) is 0 Å². The van der Waals surface area contributed by atoms with E-state index in [0.717, 1.165) is 5.76 Å². The first kappa shape index (κ1) is 12.2. The number of amides is 2. The molecule has 2 N–H and O–H groups in total. The Bertz CT molecular complexity index is 464. The maximum absolute atomic E-state index is 11.6. The first-order valence-corrected chi connectivity index (χ1v) is 5.76. The van der Waals surface area contributed by atoms with Crippen molar-refractivity contribution < 1.29 is 9.21 Å². The summed E-state index contributed by atoms with van der Waals surface area (Å²) < 4.78 is 7.03.